The first-order valence-corrected chi connectivity index (χ1v) is 5.87. The highest BCUT2D eigenvalue weighted by Gasteiger charge is 2.37. The minimum absolute atomic E-state index is 0.117. The molecule has 0 bridgehead atoms. The molecule has 1 aliphatic heterocycles. The molecule has 2 rings (SSSR count). The fourth-order valence-electron chi connectivity index (χ4n) is 1.87. The Morgan fingerprint density at radius 1 is 1.33 bits per heavy atom. The quantitative estimate of drug-likeness (QED) is 0.795. The molecule has 1 heterocycles. The van der Waals surface area contributed by atoms with Crippen molar-refractivity contribution in [1.29, 1.82) is 0 Å². The maximum absolute atomic E-state index is 9.37. The molecule has 18 heavy (non-hydrogen) atoms. The second-order valence-corrected chi connectivity index (χ2v) is 4.57. The molecule has 0 aliphatic carbocycles. The second-order valence-electron chi connectivity index (χ2n) is 4.57. The molecular formula is C13H19NO4. The van der Waals surface area contributed by atoms with Crippen molar-refractivity contribution in [2.75, 3.05) is 45.9 Å². The van der Waals surface area contributed by atoms with Gasteiger partial charge >= 0.3 is 0 Å². The van der Waals surface area contributed by atoms with Crippen molar-refractivity contribution in [3.8, 4) is 11.5 Å². The maximum atomic E-state index is 9.37. The Kier molecular flexibility index (Phi) is 3.93. The SMILES string of the molecule is COc1ccc(OC)c(NCC2(CO)COC2)c1. The van der Waals surface area contributed by atoms with Crippen LogP contribution in [-0.2, 0) is 4.74 Å². The van der Waals surface area contributed by atoms with Crippen LogP contribution in [0.3, 0.4) is 0 Å². The molecule has 0 spiro atoms. The van der Waals surface area contributed by atoms with E-state index in [4.69, 9.17) is 14.2 Å². The molecule has 2 N–H and O–H groups in total. The van der Waals surface area contributed by atoms with Crippen LogP contribution in [0.5, 0.6) is 11.5 Å². The van der Waals surface area contributed by atoms with Crippen molar-refractivity contribution in [3.63, 3.8) is 0 Å². The van der Waals surface area contributed by atoms with Crippen LogP contribution >= 0.6 is 0 Å². The Balaban J connectivity index is 2.07. The first kappa shape index (κ1) is 13.0. The van der Waals surface area contributed by atoms with Gasteiger partial charge in [0.2, 0.25) is 0 Å². The molecule has 5 heteroatoms. The van der Waals surface area contributed by atoms with Crippen LogP contribution in [0, 0.1) is 5.41 Å². The number of aliphatic hydroxyl groups excluding tert-OH is 1. The van der Waals surface area contributed by atoms with Crippen molar-refractivity contribution in [2.45, 2.75) is 0 Å². The van der Waals surface area contributed by atoms with Gasteiger partial charge in [0, 0.05) is 12.6 Å². The van der Waals surface area contributed by atoms with Gasteiger partial charge in [0.1, 0.15) is 11.5 Å². The van der Waals surface area contributed by atoms with Gasteiger partial charge in [-0.3, -0.25) is 0 Å². The predicted octanol–water partition coefficient (Wildman–Crippen LogP) is 1.12. The third-order valence-corrected chi connectivity index (χ3v) is 3.21. The fourth-order valence-corrected chi connectivity index (χ4v) is 1.87. The van der Waals surface area contributed by atoms with Crippen molar-refractivity contribution in [3.05, 3.63) is 18.2 Å². The van der Waals surface area contributed by atoms with E-state index in [1.54, 1.807) is 14.2 Å². The minimum Gasteiger partial charge on any atom is -0.497 e. The van der Waals surface area contributed by atoms with Crippen LogP contribution in [0.15, 0.2) is 18.2 Å². The summed E-state index contributed by atoms with van der Waals surface area (Å²) in [5.41, 5.74) is 0.685. The Morgan fingerprint density at radius 2 is 2.11 bits per heavy atom. The lowest BCUT2D eigenvalue weighted by Gasteiger charge is -2.40. The highest BCUT2D eigenvalue weighted by Crippen LogP contribution is 2.32. The molecule has 0 saturated carbocycles. The molecule has 0 atom stereocenters. The molecule has 0 unspecified atom stereocenters. The molecular weight excluding hydrogens is 234 g/mol. The van der Waals surface area contributed by atoms with E-state index in [1.807, 2.05) is 18.2 Å². The number of aliphatic hydroxyl groups is 1. The summed E-state index contributed by atoms with van der Waals surface area (Å²) in [5, 5.41) is 12.7. The van der Waals surface area contributed by atoms with Gasteiger partial charge in [-0.1, -0.05) is 0 Å². The smallest absolute Gasteiger partial charge is 0.142 e. The molecule has 100 valence electrons. The number of hydrogen-bond donors (Lipinski definition) is 2. The normalized spacial score (nSPS) is 16.8. The van der Waals surface area contributed by atoms with E-state index in [1.165, 1.54) is 0 Å². The number of nitrogens with one attached hydrogen (secondary N) is 1. The molecule has 5 nitrogen and oxygen atoms in total. The average Bonchev–Trinajstić information content (AvgIpc) is 2.37. The summed E-state index contributed by atoms with van der Waals surface area (Å²) in [7, 11) is 3.25. The Labute approximate surface area is 107 Å². The molecule has 1 aliphatic rings. The highest BCUT2D eigenvalue weighted by atomic mass is 16.5. The summed E-state index contributed by atoms with van der Waals surface area (Å²) >= 11 is 0. The lowest BCUT2D eigenvalue weighted by molar-refractivity contribution is -0.128. The Bertz CT molecular complexity index is 398. The van der Waals surface area contributed by atoms with Gasteiger partial charge in [-0.2, -0.15) is 0 Å². The summed E-state index contributed by atoms with van der Waals surface area (Å²) in [5.74, 6) is 1.52. The van der Waals surface area contributed by atoms with E-state index < -0.39 is 0 Å². The Hall–Kier alpha value is -1.46. The zero-order valence-corrected chi connectivity index (χ0v) is 10.7. The Morgan fingerprint density at radius 3 is 2.61 bits per heavy atom. The van der Waals surface area contributed by atoms with Crippen LogP contribution in [-0.4, -0.2) is 45.7 Å². The topological polar surface area (TPSA) is 60.0 Å². The molecule has 1 saturated heterocycles. The number of rotatable bonds is 6. The molecule has 1 aromatic rings. The first-order valence-electron chi connectivity index (χ1n) is 5.87. The zero-order chi connectivity index (χ0) is 13.0. The number of anilines is 1. The van der Waals surface area contributed by atoms with Crippen LogP contribution in [0.1, 0.15) is 0 Å². The summed E-state index contributed by atoms with van der Waals surface area (Å²) < 4.78 is 15.6. The molecule has 0 radical (unpaired) electrons. The minimum atomic E-state index is -0.173. The number of ether oxygens (including phenoxy) is 3. The lowest BCUT2D eigenvalue weighted by atomic mass is 9.87. The van der Waals surface area contributed by atoms with Crippen molar-refractivity contribution >= 4 is 5.69 Å². The number of benzene rings is 1. The predicted molar refractivity (Wildman–Crippen MR) is 68.4 cm³/mol. The first-order chi connectivity index (χ1) is 8.73. The van der Waals surface area contributed by atoms with Crippen molar-refractivity contribution in [2.24, 2.45) is 5.41 Å². The van der Waals surface area contributed by atoms with Gasteiger partial charge in [-0.15, -0.1) is 0 Å². The molecule has 1 fully saturated rings. The average molecular weight is 253 g/mol. The summed E-state index contributed by atoms with van der Waals surface area (Å²) in [6.45, 7) is 1.94. The van der Waals surface area contributed by atoms with Crippen LogP contribution < -0.4 is 14.8 Å². The summed E-state index contributed by atoms with van der Waals surface area (Å²) in [6.07, 6.45) is 0. The van der Waals surface area contributed by atoms with Gasteiger partial charge in [-0.25, -0.2) is 0 Å². The van der Waals surface area contributed by atoms with E-state index in [-0.39, 0.29) is 12.0 Å². The zero-order valence-electron chi connectivity index (χ0n) is 10.7. The lowest BCUT2D eigenvalue weighted by Crippen LogP contribution is -2.50. The van der Waals surface area contributed by atoms with Crippen molar-refractivity contribution < 1.29 is 19.3 Å². The van der Waals surface area contributed by atoms with Gasteiger partial charge < -0.3 is 24.6 Å². The molecule has 0 aromatic heterocycles. The molecule has 0 amide bonds. The monoisotopic (exact) mass is 253 g/mol. The maximum Gasteiger partial charge on any atom is 0.142 e. The summed E-state index contributed by atoms with van der Waals surface area (Å²) in [6, 6.07) is 5.58. The fraction of sp³-hybridized carbons (Fsp3) is 0.538. The second kappa shape index (κ2) is 5.46. The van der Waals surface area contributed by atoms with Gasteiger partial charge in [0.15, 0.2) is 0 Å². The third kappa shape index (κ3) is 2.52. The molecule has 1 aromatic carbocycles. The third-order valence-electron chi connectivity index (χ3n) is 3.21. The van der Waals surface area contributed by atoms with Crippen molar-refractivity contribution in [1.82, 2.24) is 0 Å². The largest absolute Gasteiger partial charge is 0.497 e. The van der Waals surface area contributed by atoms with Gasteiger partial charge in [-0.05, 0) is 12.1 Å². The van der Waals surface area contributed by atoms with Crippen LogP contribution in [0.25, 0.3) is 0 Å². The number of hydrogen-bond acceptors (Lipinski definition) is 5. The van der Waals surface area contributed by atoms with E-state index in [0.29, 0.717) is 19.8 Å². The van der Waals surface area contributed by atoms with Gasteiger partial charge in [0.25, 0.3) is 0 Å². The van der Waals surface area contributed by atoms with E-state index in [0.717, 1.165) is 17.2 Å². The highest BCUT2D eigenvalue weighted by molar-refractivity contribution is 5.59. The van der Waals surface area contributed by atoms with E-state index in [9.17, 15) is 5.11 Å². The van der Waals surface area contributed by atoms with Crippen LogP contribution in [0.4, 0.5) is 5.69 Å². The van der Waals surface area contributed by atoms with E-state index in [2.05, 4.69) is 5.32 Å². The number of methoxy groups -OCH3 is 2. The van der Waals surface area contributed by atoms with Gasteiger partial charge in [0.05, 0.1) is 45.1 Å². The van der Waals surface area contributed by atoms with E-state index >= 15 is 0 Å². The summed E-state index contributed by atoms with van der Waals surface area (Å²) in [4.78, 5) is 0. The van der Waals surface area contributed by atoms with Crippen LogP contribution in [0.2, 0.25) is 0 Å². The standard InChI is InChI=1S/C13H19NO4/c1-16-10-3-4-12(17-2)11(5-10)14-6-13(7-15)8-18-9-13/h3-5,14-15H,6-9H2,1-2H3.